The smallest absolute Gasteiger partial charge is 0.143 e. The summed E-state index contributed by atoms with van der Waals surface area (Å²) in [5.74, 6) is 0.337. The highest BCUT2D eigenvalue weighted by Gasteiger charge is 2.40. The fourth-order valence-corrected chi connectivity index (χ4v) is 2.23. The summed E-state index contributed by atoms with van der Waals surface area (Å²) in [6.45, 7) is 6.03. The first-order chi connectivity index (χ1) is 5.47. The Hall–Kier alpha value is -0.660. The first-order valence-corrected chi connectivity index (χ1v) is 4.52. The number of carbonyl (C=O) groups is 2. The topological polar surface area (TPSA) is 34.1 Å². The van der Waals surface area contributed by atoms with Crippen molar-refractivity contribution in [2.45, 2.75) is 40.0 Å². The maximum absolute atomic E-state index is 11.4. The van der Waals surface area contributed by atoms with E-state index in [4.69, 9.17) is 0 Å². The molecule has 1 unspecified atom stereocenters. The van der Waals surface area contributed by atoms with Crippen molar-refractivity contribution in [3.05, 3.63) is 0 Å². The molecular formula is C10H16O2. The molecule has 0 saturated heterocycles. The molecule has 0 radical (unpaired) electrons. The van der Waals surface area contributed by atoms with Gasteiger partial charge in [0.25, 0.3) is 0 Å². The van der Waals surface area contributed by atoms with E-state index in [1.165, 1.54) is 0 Å². The second-order valence-corrected chi connectivity index (χ2v) is 4.31. The van der Waals surface area contributed by atoms with Crippen molar-refractivity contribution in [2.24, 2.45) is 11.3 Å². The molecule has 0 amide bonds. The Bertz CT molecular complexity index is 216. The molecule has 0 heterocycles. The number of Topliss-reactive ketones (excluding diaryl/α,β-unsaturated/α-hetero) is 2. The Morgan fingerprint density at radius 3 is 2.42 bits per heavy atom. The minimum atomic E-state index is -0.110. The van der Waals surface area contributed by atoms with Crippen LogP contribution in [0.25, 0.3) is 0 Å². The van der Waals surface area contributed by atoms with Gasteiger partial charge in [-0.15, -0.1) is 0 Å². The lowest BCUT2D eigenvalue weighted by molar-refractivity contribution is -0.138. The van der Waals surface area contributed by atoms with Crippen molar-refractivity contribution in [3.63, 3.8) is 0 Å². The zero-order valence-electron chi connectivity index (χ0n) is 8.02. The van der Waals surface area contributed by atoms with Crippen LogP contribution < -0.4 is 0 Å². The van der Waals surface area contributed by atoms with Gasteiger partial charge in [0.15, 0.2) is 0 Å². The number of rotatable bonds is 1. The largest absolute Gasteiger partial charge is 0.299 e. The molecule has 12 heavy (non-hydrogen) atoms. The maximum Gasteiger partial charge on any atom is 0.143 e. The molecular weight excluding hydrogens is 152 g/mol. The Balaban J connectivity index is 2.85. The third-order valence-electron chi connectivity index (χ3n) is 2.76. The van der Waals surface area contributed by atoms with Crippen LogP contribution in [0.5, 0.6) is 0 Å². The lowest BCUT2D eigenvalue weighted by Crippen LogP contribution is -2.38. The van der Waals surface area contributed by atoms with E-state index in [-0.39, 0.29) is 29.3 Å². The Kier molecular flexibility index (Phi) is 2.36. The number of carbonyl (C=O) groups excluding carboxylic acids is 2. The summed E-state index contributed by atoms with van der Waals surface area (Å²) in [6.07, 6.45) is 1.60. The van der Waals surface area contributed by atoms with Crippen LogP contribution in [0.2, 0.25) is 0 Å². The van der Waals surface area contributed by atoms with Gasteiger partial charge in [-0.2, -0.15) is 0 Å². The van der Waals surface area contributed by atoms with Crippen LogP contribution in [-0.4, -0.2) is 11.6 Å². The summed E-state index contributed by atoms with van der Waals surface area (Å²) in [7, 11) is 0. The van der Waals surface area contributed by atoms with Crippen molar-refractivity contribution in [1.29, 1.82) is 0 Å². The van der Waals surface area contributed by atoms with E-state index in [1.807, 2.05) is 20.8 Å². The van der Waals surface area contributed by atoms with Gasteiger partial charge in [0.2, 0.25) is 0 Å². The van der Waals surface area contributed by atoms with E-state index in [0.717, 1.165) is 6.42 Å². The molecule has 0 aliphatic heterocycles. The van der Waals surface area contributed by atoms with Crippen LogP contribution in [0, 0.1) is 11.3 Å². The fourth-order valence-electron chi connectivity index (χ4n) is 2.23. The average Bonchev–Trinajstić information content (AvgIpc) is 1.82. The summed E-state index contributed by atoms with van der Waals surface area (Å²) >= 11 is 0. The van der Waals surface area contributed by atoms with Gasteiger partial charge in [-0.3, -0.25) is 9.59 Å². The summed E-state index contributed by atoms with van der Waals surface area (Å²) < 4.78 is 0. The zero-order valence-corrected chi connectivity index (χ0v) is 8.02. The Morgan fingerprint density at radius 1 is 1.42 bits per heavy atom. The molecule has 1 fully saturated rings. The second kappa shape index (κ2) is 3.00. The van der Waals surface area contributed by atoms with Crippen LogP contribution in [0.4, 0.5) is 0 Å². The van der Waals surface area contributed by atoms with Crippen molar-refractivity contribution < 1.29 is 9.59 Å². The van der Waals surface area contributed by atoms with Gasteiger partial charge in [0.05, 0.1) is 6.42 Å². The first kappa shape index (κ1) is 9.43. The van der Waals surface area contributed by atoms with Crippen LogP contribution >= 0.6 is 0 Å². The lowest BCUT2D eigenvalue weighted by Gasteiger charge is -2.35. The highest BCUT2D eigenvalue weighted by atomic mass is 16.1. The summed E-state index contributed by atoms with van der Waals surface area (Å²) in [5.41, 5.74) is -0.110. The van der Waals surface area contributed by atoms with E-state index in [2.05, 4.69) is 0 Å². The molecule has 0 aromatic heterocycles. The normalized spacial score (nSPS) is 29.1. The summed E-state index contributed by atoms with van der Waals surface area (Å²) in [6, 6.07) is 0. The lowest BCUT2D eigenvalue weighted by atomic mass is 9.67. The monoisotopic (exact) mass is 168 g/mol. The highest BCUT2D eigenvalue weighted by Crippen LogP contribution is 2.38. The molecule has 0 aromatic carbocycles. The first-order valence-electron chi connectivity index (χ1n) is 4.52. The van der Waals surface area contributed by atoms with Crippen molar-refractivity contribution >= 4 is 11.6 Å². The molecule has 1 aliphatic carbocycles. The molecule has 68 valence electrons. The number of hydrogen-bond acceptors (Lipinski definition) is 2. The summed E-state index contributed by atoms with van der Waals surface area (Å²) in [4.78, 5) is 22.6. The van der Waals surface area contributed by atoms with Crippen LogP contribution in [-0.2, 0) is 9.59 Å². The van der Waals surface area contributed by atoms with Gasteiger partial charge >= 0.3 is 0 Å². The van der Waals surface area contributed by atoms with Gasteiger partial charge in [-0.1, -0.05) is 20.8 Å². The van der Waals surface area contributed by atoms with E-state index in [9.17, 15) is 9.59 Å². The molecule has 0 aromatic rings. The molecule has 1 atom stereocenters. The summed E-state index contributed by atoms with van der Waals surface area (Å²) in [5, 5.41) is 0. The predicted octanol–water partition coefficient (Wildman–Crippen LogP) is 1.97. The van der Waals surface area contributed by atoms with Crippen molar-refractivity contribution in [2.75, 3.05) is 0 Å². The van der Waals surface area contributed by atoms with Crippen LogP contribution in [0.3, 0.4) is 0 Å². The maximum atomic E-state index is 11.4. The van der Waals surface area contributed by atoms with Crippen molar-refractivity contribution in [3.8, 4) is 0 Å². The third-order valence-corrected chi connectivity index (χ3v) is 2.76. The SMILES string of the molecule is CCC1C(=O)CC(=O)CC1(C)C. The minimum absolute atomic E-state index is 0.0928. The van der Waals surface area contributed by atoms with E-state index < -0.39 is 0 Å². The van der Waals surface area contributed by atoms with Gasteiger partial charge in [-0.25, -0.2) is 0 Å². The van der Waals surface area contributed by atoms with Crippen LogP contribution in [0.1, 0.15) is 40.0 Å². The Morgan fingerprint density at radius 2 is 2.00 bits per heavy atom. The van der Waals surface area contributed by atoms with Gasteiger partial charge < -0.3 is 0 Å². The van der Waals surface area contributed by atoms with Gasteiger partial charge in [0, 0.05) is 12.3 Å². The van der Waals surface area contributed by atoms with E-state index in [0.29, 0.717) is 6.42 Å². The molecule has 0 N–H and O–H groups in total. The standard InChI is InChI=1S/C10H16O2/c1-4-8-9(12)5-7(11)6-10(8,2)3/h8H,4-6H2,1-3H3. The number of ketones is 2. The molecule has 0 bridgehead atoms. The number of hydrogen-bond donors (Lipinski definition) is 0. The van der Waals surface area contributed by atoms with E-state index >= 15 is 0 Å². The Labute approximate surface area is 73.3 Å². The predicted molar refractivity (Wildman–Crippen MR) is 46.8 cm³/mol. The highest BCUT2D eigenvalue weighted by molar-refractivity contribution is 6.03. The average molecular weight is 168 g/mol. The van der Waals surface area contributed by atoms with Crippen LogP contribution in [0.15, 0.2) is 0 Å². The molecule has 1 rings (SSSR count). The molecule has 1 saturated carbocycles. The van der Waals surface area contributed by atoms with E-state index in [1.54, 1.807) is 0 Å². The van der Waals surface area contributed by atoms with Gasteiger partial charge in [-0.05, 0) is 11.8 Å². The van der Waals surface area contributed by atoms with Crippen molar-refractivity contribution in [1.82, 2.24) is 0 Å². The fraction of sp³-hybridized carbons (Fsp3) is 0.800. The quantitative estimate of drug-likeness (QED) is 0.561. The molecule has 1 aliphatic rings. The third kappa shape index (κ3) is 1.57. The minimum Gasteiger partial charge on any atom is -0.299 e. The molecule has 0 spiro atoms. The molecule has 2 nitrogen and oxygen atoms in total. The second-order valence-electron chi connectivity index (χ2n) is 4.31. The zero-order chi connectivity index (χ0) is 9.35. The molecule has 2 heteroatoms. The van der Waals surface area contributed by atoms with Gasteiger partial charge in [0.1, 0.15) is 11.6 Å².